The first-order valence-corrected chi connectivity index (χ1v) is 9.27. The maximum Gasteiger partial charge on any atom is 0.293 e. The Kier molecular flexibility index (Phi) is 4.41. The third-order valence-corrected chi connectivity index (χ3v) is 5.22. The van der Waals surface area contributed by atoms with Crippen molar-refractivity contribution < 1.29 is 14.0 Å². The molecule has 0 saturated carbocycles. The Hall–Kier alpha value is -3.12. The smallest absolute Gasteiger partial charge is 0.293 e. The summed E-state index contributed by atoms with van der Waals surface area (Å²) in [7, 11) is 0. The number of nitrogens with zero attached hydrogens (tertiary/aromatic N) is 1. The molecule has 0 radical (unpaired) electrons. The molecule has 0 spiro atoms. The Bertz CT molecular complexity index is 1140. The number of carbonyl (C=O) groups is 2. The first-order chi connectivity index (χ1) is 13.1. The van der Waals surface area contributed by atoms with Crippen molar-refractivity contribution in [1.29, 1.82) is 0 Å². The van der Waals surface area contributed by atoms with Crippen LogP contribution in [0.15, 0.2) is 68.7 Å². The van der Waals surface area contributed by atoms with E-state index in [4.69, 9.17) is 4.42 Å². The molecule has 2 amide bonds. The summed E-state index contributed by atoms with van der Waals surface area (Å²) in [5.74, 6) is 0.216. The molecule has 1 aliphatic rings. The second kappa shape index (κ2) is 6.89. The van der Waals surface area contributed by atoms with Crippen molar-refractivity contribution in [3.63, 3.8) is 0 Å². The molecule has 2 heterocycles. The molecule has 0 N–H and O–H groups in total. The summed E-state index contributed by atoms with van der Waals surface area (Å²) in [5.41, 5.74) is 2.00. The first-order valence-electron chi connectivity index (χ1n) is 8.45. The summed E-state index contributed by atoms with van der Waals surface area (Å²) < 4.78 is 5.84. The van der Waals surface area contributed by atoms with Crippen LogP contribution in [0, 0.1) is 0 Å². The van der Waals surface area contributed by atoms with E-state index in [-0.39, 0.29) is 16.6 Å². The average molecular weight is 377 g/mol. The molecule has 0 atom stereocenters. The number of hydrogen-bond acceptors (Lipinski definition) is 5. The zero-order valence-corrected chi connectivity index (χ0v) is 15.3. The van der Waals surface area contributed by atoms with Gasteiger partial charge in [-0.3, -0.25) is 19.3 Å². The largest absolute Gasteiger partial charge is 0.456 e. The lowest BCUT2D eigenvalue weighted by Crippen LogP contribution is -2.27. The van der Waals surface area contributed by atoms with E-state index in [2.05, 4.69) is 0 Å². The van der Waals surface area contributed by atoms with Gasteiger partial charge in [0.15, 0.2) is 5.43 Å². The summed E-state index contributed by atoms with van der Waals surface area (Å²) in [6, 6.07) is 15.9. The lowest BCUT2D eigenvalue weighted by molar-refractivity contribution is -0.122. The van der Waals surface area contributed by atoms with Gasteiger partial charge in [-0.2, -0.15) is 0 Å². The molecule has 0 unspecified atom stereocenters. The number of likely N-dealkylation sites (N-methyl/N-ethyl adjacent to an activating group) is 1. The molecule has 2 aromatic carbocycles. The molecular formula is C21H15NO4S. The van der Waals surface area contributed by atoms with Crippen LogP contribution in [0.4, 0.5) is 4.79 Å². The number of thioether (sulfide) groups is 1. The Labute approximate surface area is 159 Å². The minimum absolute atomic E-state index is 0.0934. The molecular weight excluding hydrogens is 362 g/mol. The predicted molar refractivity (Wildman–Crippen MR) is 106 cm³/mol. The van der Waals surface area contributed by atoms with Gasteiger partial charge in [0.2, 0.25) is 0 Å². The van der Waals surface area contributed by atoms with Gasteiger partial charge in [-0.25, -0.2) is 0 Å². The number of fused-ring (bicyclic) bond motifs is 1. The molecule has 4 rings (SSSR count). The molecule has 0 bridgehead atoms. The van der Waals surface area contributed by atoms with Crippen LogP contribution < -0.4 is 5.43 Å². The Balaban J connectivity index is 1.65. The average Bonchev–Trinajstić information content (AvgIpc) is 2.95. The third kappa shape index (κ3) is 3.19. The molecule has 134 valence electrons. The Morgan fingerprint density at radius 1 is 1.04 bits per heavy atom. The van der Waals surface area contributed by atoms with Gasteiger partial charge in [0.05, 0.1) is 10.3 Å². The normalized spacial score (nSPS) is 15.9. The highest BCUT2D eigenvalue weighted by Gasteiger charge is 2.33. The van der Waals surface area contributed by atoms with E-state index in [0.29, 0.717) is 28.2 Å². The highest BCUT2D eigenvalue weighted by Crippen LogP contribution is 2.32. The van der Waals surface area contributed by atoms with E-state index in [0.717, 1.165) is 22.9 Å². The van der Waals surface area contributed by atoms with E-state index in [1.807, 2.05) is 30.3 Å². The standard InChI is InChI=1S/C21H15NO4S/c1-2-22-20(24)19(27-21(22)25)11-13-7-9-14(10-8-13)18-12-16(23)15-5-3-4-6-17(15)26-18/h3-12H,2H2,1H3/b19-11-. The van der Waals surface area contributed by atoms with Gasteiger partial charge in [-0.1, -0.05) is 36.4 Å². The molecule has 0 aliphatic carbocycles. The SMILES string of the molecule is CCN1C(=O)S/C(=C\c2ccc(-c3cc(=O)c4ccccc4o3)cc2)C1=O. The highest BCUT2D eigenvalue weighted by molar-refractivity contribution is 8.18. The van der Waals surface area contributed by atoms with Crippen molar-refractivity contribution >= 4 is 40.0 Å². The molecule has 6 heteroatoms. The van der Waals surface area contributed by atoms with Crippen molar-refractivity contribution in [2.24, 2.45) is 0 Å². The van der Waals surface area contributed by atoms with Crippen LogP contribution in [-0.2, 0) is 4.79 Å². The number of imide groups is 1. The van der Waals surface area contributed by atoms with Crippen LogP contribution in [0.3, 0.4) is 0 Å². The van der Waals surface area contributed by atoms with Gasteiger partial charge >= 0.3 is 0 Å². The molecule has 1 fully saturated rings. The minimum Gasteiger partial charge on any atom is -0.456 e. The van der Waals surface area contributed by atoms with Crippen molar-refractivity contribution in [2.45, 2.75) is 6.92 Å². The predicted octanol–water partition coefficient (Wildman–Crippen LogP) is 4.52. The number of hydrogen-bond donors (Lipinski definition) is 0. The second-order valence-electron chi connectivity index (χ2n) is 6.02. The van der Waals surface area contributed by atoms with Crippen molar-refractivity contribution in [2.75, 3.05) is 6.54 Å². The first kappa shape index (κ1) is 17.3. The minimum atomic E-state index is -0.267. The van der Waals surface area contributed by atoms with E-state index in [1.54, 1.807) is 31.2 Å². The Morgan fingerprint density at radius 3 is 2.48 bits per heavy atom. The zero-order chi connectivity index (χ0) is 19.0. The van der Waals surface area contributed by atoms with Gasteiger partial charge < -0.3 is 4.42 Å². The lowest BCUT2D eigenvalue weighted by Gasteiger charge is -2.07. The number of amides is 2. The number of benzene rings is 2. The van der Waals surface area contributed by atoms with Crippen LogP contribution in [-0.4, -0.2) is 22.6 Å². The summed E-state index contributed by atoms with van der Waals surface area (Å²) in [4.78, 5) is 37.8. The number of para-hydroxylation sites is 1. The second-order valence-corrected chi connectivity index (χ2v) is 7.01. The van der Waals surface area contributed by atoms with Crippen molar-refractivity contribution in [3.05, 3.63) is 75.3 Å². The Morgan fingerprint density at radius 2 is 1.78 bits per heavy atom. The van der Waals surface area contributed by atoms with Crippen LogP contribution in [0.2, 0.25) is 0 Å². The molecule has 1 saturated heterocycles. The monoisotopic (exact) mass is 377 g/mol. The molecule has 27 heavy (non-hydrogen) atoms. The van der Waals surface area contributed by atoms with E-state index < -0.39 is 0 Å². The van der Waals surface area contributed by atoms with E-state index >= 15 is 0 Å². The highest BCUT2D eigenvalue weighted by atomic mass is 32.2. The van der Waals surface area contributed by atoms with E-state index in [1.165, 1.54) is 11.0 Å². The van der Waals surface area contributed by atoms with Gasteiger partial charge in [0, 0.05) is 18.2 Å². The van der Waals surface area contributed by atoms with Crippen LogP contribution in [0.25, 0.3) is 28.4 Å². The summed E-state index contributed by atoms with van der Waals surface area (Å²) in [6.45, 7) is 2.13. The zero-order valence-electron chi connectivity index (χ0n) is 14.5. The molecule has 3 aromatic rings. The summed E-state index contributed by atoms with van der Waals surface area (Å²) >= 11 is 0.944. The van der Waals surface area contributed by atoms with Crippen LogP contribution in [0.5, 0.6) is 0 Å². The quantitative estimate of drug-likeness (QED) is 0.628. The van der Waals surface area contributed by atoms with E-state index in [9.17, 15) is 14.4 Å². The fourth-order valence-corrected chi connectivity index (χ4v) is 3.82. The fourth-order valence-electron chi connectivity index (χ4n) is 2.91. The molecule has 1 aliphatic heterocycles. The number of carbonyl (C=O) groups excluding carboxylic acids is 2. The van der Waals surface area contributed by atoms with Gasteiger partial charge in [-0.15, -0.1) is 0 Å². The number of rotatable bonds is 3. The maximum atomic E-state index is 12.2. The van der Waals surface area contributed by atoms with Gasteiger partial charge in [0.25, 0.3) is 11.1 Å². The molecule has 1 aromatic heterocycles. The lowest BCUT2D eigenvalue weighted by atomic mass is 10.1. The third-order valence-electron chi connectivity index (χ3n) is 4.32. The maximum absolute atomic E-state index is 12.2. The van der Waals surface area contributed by atoms with Gasteiger partial charge in [0.1, 0.15) is 11.3 Å². The summed E-state index contributed by atoms with van der Waals surface area (Å²) in [6.07, 6.45) is 1.70. The van der Waals surface area contributed by atoms with Crippen LogP contribution >= 0.6 is 11.8 Å². The molecule has 5 nitrogen and oxygen atoms in total. The summed E-state index contributed by atoms with van der Waals surface area (Å²) in [5, 5.41) is 0.299. The van der Waals surface area contributed by atoms with Crippen molar-refractivity contribution in [3.8, 4) is 11.3 Å². The topological polar surface area (TPSA) is 67.6 Å². The van der Waals surface area contributed by atoms with Crippen LogP contribution in [0.1, 0.15) is 12.5 Å². The fraction of sp³-hybridized carbons (Fsp3) is 0.0952. The van der Waals surface area contributed by atoms with Gasteiger partial charge in [-0.05, 0) is 42.5 Å². The van der Waals surface area contributed by atoms with Crippen molar-refractivity contribution in [1.82, 2.24) is 4.90 Å².